The van der Waals surface area contributed by atoms with Gasteiger partial charge in [0.25, 0.3) is 23.6 Å². The fourth-order valence-corrected chi connectivity index (χ4v) is 3.51. The monoisotopic (exact) mass is 392 g/mol. The van der Waals surface area contributed by atoms with Gasteiger partial charge in [0.15, 0.2) is 0 Å². The van der Waals surface area contributed by atoms with Gasteiger partial charge in [0, 0.05) is 13.1 Å². The summed E-state index contributed by atoms with van der Waals surface area (Å²) < 4.78 is 0. The fourth-order valence-electron chi connectivity index (χ4n) is 3.51. The van der Waals surface area contributed by atoms with Crippen molar-refractivity contribution in [2.24, 2.45) is 5.29 Å². The molecule has 0 spiro atoms. The van der Waals surface area contributed by atoms with Gasteiger partial charge >= 0.3 is 0 Å². The van der Waals surface area contributed by atoms with Gasteiger partial charge in [-0.3, -0.25) is 34.0 Å². The van der Waals surface area contributed by atoms with E-state index in [4.69, 9.17) is 0 Å². The van der Waals surface area contributed by atoms with Crippen LogP contribution in [0.25, 0.3) is 0 Å². The Morgan fingerprint density at radius 3 is 1.21 bits per heavy atom. The van der Waals surface area contributed by atoms with E-state index >= 15 is 0 Å². The van der Waals surface area contributed by atoms with Crippen LogP contribution in [0.3, 0.4) is 0 Å². The summed E-state index contributed by atoms with van der Waals surface area (Å²) >= 11 is 0. The first kappa shape index (κ1) is 18.5. The van der Waals surface area contributed by atoms with E-state index in [0.29, 0.717) is 22.3 Å². The van der Waals surface area contributed by atoms with Crippen LogP contribution in [0.2, 0.25) is 0 Å². The second-order valence-electron chi connectivity index (χ2n) is 6.65. The SMILES string of the molecule is O=NN(CCN1C(=O)c2ccccc2C1=O)CCN1C(=O)c2ccccc2C1=O. The van der Waals surface area contributed by atoms with Gasteiger partial charge in [0.1, 0.15) is 0 Å². The number of carbonyl (C=O) groups is 4. The van der Waals surface area contributed by atoms with Crippen LogP contribution in [0, 0.1) is 4.91 Å². The van der Waals surface area contributed by atoms with Crippen molar-refractivity contribution in [3.8, 4) is 0 Å². The number of carbonyl (C=O) groups excluding carboxylic acids is 4. The summed E-state index contributed by atoms with van der Waals surface area (Å²) in [5, 5.41) is 3.98. The van der Waals surface area contributed by atoms with E-state index in [-0.39, 0.29) is 26.2 Å². The van der Waals surface area contributed by atoms with Crippen LogP contribution >= 0.6 is 0 Å². The van der Waals surface area contributed by atoms with Crippen molar-refractivity contribution in [3.63, 3.8) is 0 Å². The fraction of sp³-hybridized carbons (Fsp3) is 0.200. The maximum atomic E-state index is 12.4. The second kappa shape index (κ2) is 7.27. The molecule has 9 nitrogen and oxygen atoms in total. The summed E-state index contributed by atoms with van der Waals surface area (Å²) in [7, 11) is 0. The number of nitrogens with zero attached hydrogens (tertiary/aromatic N) is 4. The van der Waals surface area contributed by atoms with Crippen molar-refractivity contribution >= 4 is 23.6 Å². The van der Waals surface area contributed by atoms with Crippen LogP contribution in [0.5, 0.6) is 0 Å². The van der Waals surface area contributed by atoms with Gasteiger partial charge in [-0.05, 0) is 24.3 Å². The summed E-state index contributed by atoms with van der Waals surface area (Å²) in [6.07, 6.45) is 0. The molecule has 0 bridgehead atoms. The Morgan fingerprint density at radius 2 is 0.931 bits per heavy atom. The third-order valence-electron chi connectivity index (χ3n) is 5.04. The number of amides is 4. The Kier molecular flexibility index (Phi) is 4.63. The van der Waals surface area contributed by atoms with E-state index < -0.39 is 23.6 Å². The molecule has 0 aromatic heterocycles. The molecule has 0 radical (unpaired) electrons. The van der Waals surface area contributed by atoms with Crippen LogP contribution in [0.15, 0.2) is 53.8 Å². The number of hydrogen-bond acceptors (Lipinski definition) is 6. The standard InChI is InChI=1S/C20H16N4O5/c25-17-13-5-1-2-6-14(13)18(26)23(17)11-9-22(21-29)10-12-24-19(27)15-7-3-4-8-16(15)20(24)28/h1-8H,9-12H2. The van der Waals surface area contributed by atoms with Crippen LogP contribution in [0.4, 0.5) is 0 Å². The molecule has 4 amide bonds. The molecule has 0 saturated carbocycles. The van der Waals surface area contributed by atoms with Gasteiger partial charge in [0.05, 0.1) is 40.6 Å². The molecule has 0 unspecified atom stereocenters. The highest BCUT2D eigenvalue weighted by molar-refractivity contribution is 6.22. The van der Waals surface area contributed by atoms with Crippen molar-refractivity contribution < 1.29 is 19.2 Å². The number of fused-ring (bicyclic) bond motifs is 2. The summed E-state index contributed by atoms with van der Waals surface area (Å²) in [5.41, 5.74) is 1.31. The number of hydrogen-bond donors (Lipinski definition) is 0. The lowest BCUT2D eigenvalue weighted by atomic mass is 10.1. The van der Waals surface area contributed by atoms with Crippen LogP contribution in [0.1, 0.15) is 41.4 Å². The van der Waals surface area contributed by atoms with Crippen molar-refractivity contribution in [1.29, 1.82) is 0 Å². The van der Waals surface area contributed by atoms with E-state index in [1.807, 2.05) is 0 Å². The zero-order chi connectivity index (χ0) is 20.5. The molecule has 2 heterocycles. The molecule has 146 valence electrons. The summed E-state index contributed by atoms with van der Waals surface area (Å²) in [5.74, 6) is -1.68. The minimum atomic E-state index is -0.420. The first-order chi connectivity index (χ1) is 14.0. The average molecular weight is 392 g/mol. The lowest BCUT2D eigenvalue weighted by Crippen LogP contribution is -2.40. The molecule has 0 saturated heterocycles. The molecule has 4 rings (SSSR count). The van der Waals surface area contributed by atoms with E-state index in [1.165, 1.54) is 0 Å². The molecule has 29 heavy (non-hydrogen) atoms. The van der Waals surface area contributed by atoms with E-state index in [1.54, 1.807) is 48.5 Å². The molecule has 0 N–H and O–H groups in total. The van der Waals surface area contributed by atoms with E-state index in [9.17, 15) is 24.1 Å². The Labute approximate surface area is 165 Å². The predicted octanol–water partition coefficient (Wildman–Crippen LogP) is 1.56. The maximum Gasteiger partial charge on any atom is 0.261 e. The topological polar surface area (TPSA) is 107 Å². The first-order valence-electron chi connectivity index (χ1n) is 9.01. The zero-order valence-electron chi connectivity index (χ0n) is 15.3. The van der Waals surface area contributed by atoms with Gasteiger partial charge in [0.2, 0.25) is 0 Å². The molecule has 0 aliphatic carbocycles. The Morgan fingerprint density at radius 1 is 0.621 bits per heavy atom. The predicted molar refractivity (Wildman–Crippen MR) is 101 cm³/mol. The molecular weight excluding hydrogens is 376 g/mol. The highest BCUT2D eigenvalue weighted by Crippen LogP contribution is 2.23. The third kappa shape index (κ3) is 3.06. The Balaban J connectivity index is 1.36. The zero-order valence-corrected chi connectivity index (χ0v) is 15.3. The molecule has 9 heteroatoms. The van der Waals surface area contributed by atoms with Crippen molar-refractivity contribution in [1.82, 2.24) is 14.8 Å². The largest absolute Gasteiger partial charge is 0.272 e. The molecule has 2 aromatic carbocycles. The van der Waals surface area contributed by atoms with Gasteiger partial charge in [-0.25, -0.2) is 0 Å². The highest BCUT2D eigenvalue weighted by atomic mass is 16.3. The smallest absolute Gasteiger partial charge is 0.261 e. The number of imide groups is 2. The number of nitroso groups, excluding NO2 is 1. The van der Waals surface area contributed by atoms with Crippen LogP contribution in [-0.2, 0) is 0 Å². The minimum absolute atomic E-state index is 0.00185. The number of benzene rings is 2. The van der Waals surface area contributed by atoms with E-state index in [2.05, 4.69) is 5.29 Å². The minimum Gasteiger partial charge on any atom is -0.272 e. The lowest BCUT2D eigenvalue weighted by molar-refractivity contribution is 0.0622. The molecule has 0 atom stereocenters. The van der Waals surface area contributed by atoms with Crippen LogP contribution < -0.4 is 0 Å². The molecular formula is C20H16N4O5. The van der Waals surface area contributed by atoms with Gasteiger partial charge in [-0.2, -0.15) is 0 Å². The molecule has 2 aromatic rings. The second-order valence-corrected chi connectivity index (χ2v) is 6.65. The van der Waals surface area contributed by atoms with Gasteiger partial charge < -0.3 is 0 Å². The summed E-state index contributed by atoms with van der Waals surface area (Å²) in [6.45, 7) is -0.0588. The first-order valence-corrected chi connectivity index (χ1v) is 9.01. The molecule has 2 aliphatic rings. The quantitative estimate of drug-likeness (QED) is 0.402. The van der Waals surface area contributed by atoms with Crippen molar-refractivity contribution in [2.45, 2.75) is 0 Å². The highest BCUT2D eigenvalue weighted by Gasteiger charge is 2.36. The number of rotatable bonds is 7. The normalized spacial score (nSPS) is 15.0. The lowest BCUT2D eigenvalue weighted by Gasteiger charge is -2.21. The Hall–Kier alpha value is -3.88. The van der Waals surface area contributed by atoms with Gasteiger partial charge in [-0.15, -0.1) is 4.91 Å². The van der Waals surface area contributed by atoms with Crippen molar-refractivity contribution in [3.05, 3.63) is 75.7 Å². The summed E-state index contributed by atoms with van der Waals surface area (Å²) in [6, 6.07) is 13.0. The third-order valence-corrected chi connectivity index (χ3v) is 5.04. The van der Waals surface area contributed by atoms with Gasteiger partial charge in [-0.1, -0.05) is 24.3 Å². The summed E-state index contributed by atoms with van der Waals surface area (Å²) in [4.78, 5) is 62.8. The Bertz CT molecular complexity index is 901. The molecule has 0 fully saturated rings. The van der Waals surface area contributed by atoms with Crippen molar-refractivity contribution in [2.75, 3.05) is 26.2 Å². The average Bonchev–Trinajstić information content (AvgIpc) is 3.14. The van der Waals surface area contributed by atoms with E-state index in [0.717, 1.165) is 14.8 Å². The van der Waals surface area contributed by atoms with Crippen LogP contribution in [-0.4, -0.2) is 64.6 Å². The molecule has 2 aliphatic heterocycles. The maximum absolute atomic E-state index is 12.4.